The molecule has 4 rings (SSSR count). The van der Waals surface area contributed by atoms with Crippen LogP contribution in [0.3, 0.4) is 0 Å². The second-order valence-corrected chi connectivity index (χ2v) is 9.44. The number of rotatable bonds is 4. The van der Waals surface area contributed by atoms with Crippen molar-refractivity contribution in [3.63, 3.8) is 0 Å². The molecule has 0 bridgehead atoms. The first kappa shape index (κ1) is 22.3. The van der Waals surface area contributed by atoms with E-state index in [1.165, 1.54) is 12.1 Å². The third-order valence-electron chi connectivity index (χ3n) is 6.35. The Labute approximate surface area is 185 Å². The summed E-state index contributed by atoms with van der Waals surface area (Å²) in [5.41, 5.74) is 0.874. The molecule has 0 saturated carbocycles. The van der Waals surface area contributed by atoms with E-state index in [1.54, 1.807) is 18.2 Å². The van der Waals surface area contributed by atoms with E-state index in [9.17, 15) is 22.8 Å². The molecule has 2 aliphatic rings. The van der Waals surface area contributed by atoms with Crippen molar-refractivity contribution in [2.45, 2.75) is 45.7 Å². The Morgan fingerprint density at radius 1 is 1.12 bits per heavy atom. The lowest BCUT2D eigenvalue weighted by molar-refractivity contribution is -0.138. The van der Waals surface area contributed by atoms with Crippen molar-refractivity contribution in [2.75, 3.05) is 18.0 Å². The predicted molar refractivity (Wildman–Crippen MR) is 118 cm³/mol. The molecule has 0 unspecified atom stereocenters. The van der Waals surface area contributed by atoms with Gasteiger partial charge in [0.25, 0.3) is 0 Å². The van der Waals surface area contributed by atoms with Crippen LogP contribution in [0.2, 0.25) is 0 Å². The van der Waals surface area contributed by atoms with Gasteiger partial charge in [-0.1, -0.05) is 50.3 Å². The van der Waals surface area contributed by atoms with Gasteiger partial charge in [-0.2, -0.15) is 13.2 Å². The van der Waals surface area contributed by atoms with Gasteiger partial charge in [-0.15, -0.1) is 0 Å². The smallest absolute Gasteiger partial charge is 0.371 e. The second-order valence-electron chi connectivity index (χ2n) is 9.44. The van der Waals surface area contributed by atoms with Crippen molar-refractivity contribution < 1.29 is 22.8 Å². The number of fused-ring (bicyclic) bond motifs is 1. The number of carbonyl (C=O) groups is 2. The van der Waals surface area contributed by atoms with E-state index in [0.29, 0.717) is 30.8 Å². The average Bonchev–Trinajstić information content (AvgIpc) is 2.73. The highest BCUT2D eigenvalue weighted by molar-refractivity contribution is 6.27. The summed E-state index contributed by atoms with van der Waals surface area (Å²) >= 11 is 0. The van der Waals surface area contributed by atoms with Gasteiger partial charge >= 0.3 is 6.18 Å². The number of hydrogen-bond donors (Lipinski definition) is 0. The molecule has 1 heterocycles. The number of Topliss-reactive ketones (excluding diaryl/α,β-unsaturated/α-hetero) is 2. The van der Waals surface area contributed by atoms with E-state index < -0.39 is 29.7 Å². The molecule has 1 fully saturated rings. The van der Waals surface area contributed by atoms with Gasteiger partial charge in [0.15, 0.2) is 11.6 Å². The molecule has 32 heavy (non-hydrogen) atoms. The maximum Gasteiger partial charge on any atom is 0.416 e. The normalized spacial score (nSPS) is 18.2. The molecule has 168 valence electrons. The molecule has 6 heteroatoms. The van der Waals surface area contributed by atoms with Gasteiger partial charge in [-0.25, -0.2) is 0 Å². The minimum Gasteiger partial charge on any atom is -0.371 e. The summed E-state index contributed by atoms with van der Waals surface area (Å²) in [7, 11) is 0. The van der Waals surface area contributed by atoms with Crippen molar-refractivity contribution >= 4 is 17.3 Å². The fraction of sp³-hybridized carbons (Fsp3) is 0.385. The van der Waals surface area contributed by atoms with E-state index in [2.05, 4.69) is 13.8 Å². The van der Waals surface area contributed by atoms with E-state index in [1.807, 2.05) is 17.0 Å². The molecule has 3 nitrogen and oxygen atoms in total. The third-order valence-corrected chi connectivity index (χ3v) is 6.35. The first-order valence-electron chi connectivity index (χ1n) is 10.9. The highest BCUT2D eigenvalue weighted by atomic mass is 19.4. The molecule has 1 aliphatic heterocycles. The van der Waals surface area contributed by atoms with Crippen molar-refractivity contribution in [3.05, 3.63) is 76.4 Å². The zero-order valence-corrected chi connectivity index (χ0v) is 18.3. The van der Waals surface area contributed by atoms with Gasteiger partial charge in [0.2, 0.25) is 0 Å². The largest absolute Gasteiger partial charge is 0.416 e. The van der Waals surface area contributed by atoms with Crippen LogP contribution in [0.15, 0.2) is 54.1 Å². The number of piperidine rings is 1. The van der Waals surface area contributed by atoms with E-state index in [0.717, 1.165) is 24.5 Å². The number of halogens is 3. The molecule has 1 aliphatic carbocycles. The second kappa shape index (κ2) is 8.23. The summed E-state index contributed by atoms with van der Waals surface area (Å²) < 4.78 is 41.7. The minimum absolute atomic E-state index is 0.0290. The van der Waals surface area contributed by atoms with Crippen LogP contribution < -0.4 is 4.90 Å². The highest BCUT2D eigenvalue weighted by Crippen LogP contribution is 2.38. The highest BCUT2D eigenvalue weighted by Gasteiger charge is 2.36. The Hall–Kier alpha value is -2.89. The van der Waals surface area contributed by atoms with Crippen LogP contribution in [-0.4, -0.2) is 24.7 Å². The predicted octanol–water partition coefficient (Wildman–Crippen LogP) is 5.81. The van der Waals surface area contributed by atoms with E-state index in [-0.39, 0.29) is 16.6 Å². The van der Waals surface area contributed by atoms with Crippen molar-refractivity contribution in [1.82, 2.24) is 0 Å². The molecule has 0 amide bonds. The molecule has 0 radical (unpaired) electrons. The zero-order valence-electron chi connectivity index (χ0n) is 18.3. The lowest BCUT2D eigenvalue weighted by Crippen LogP contribution is -2.40. The fourth-order valence-electron chi connectivity index (χ4n) is 4.70. The number of nitrogens with zero attached hydrogens (tertiary/aromatic N) is 1. The number of benzene rings is 2. The molecular weight excluding hydrogens is 415 g/mol. The van der Waals surface area contributed by atoms with Gasteiger partial charge in [0, 0.05) is 30.8 Å². The van der Waals surface area contributed by atoms with E-state index in [4.69, 9.17) is 0 Å². The Balaban J connectivity index is 1.60. The summed E-state index contributed by atoms with van der Waals surface area (Å²) in [5.74, 6) is -1.00. The van der Waals surface area contributed by atoms with Crippen molar-refractivity contribution in [2.24, 2.45) is 5.41 Å². The number of carbonyl (C=O) groups excluding carboxylic acids is 2. The standard InChI is InChI=1S/C26H26F3NO2/c1-25(2)12-5-13-30(16-25)19-10-8-18(22(15-19)26(27,28)29)14-23(31)21-11-9-17-6-3-4-7-20(17)24(21)32/h3-4,6-8,10-11,15H,5,9,12-14,16H2,1-2H3. The van der Waals surface area contributed by atoms with Crippen LogP contribution in [0.1, 0.15) is 53.7 Å². The van der Waals surface area contributed by atoms with Crippen LogP contribution in [0.5, 0.6) is 0 Å². The van der Waals surface area contributed by atoms with Gasteiger partial charge in [-0.05, 0) is 47.9 Å². The Morgan fingerprint density at radius 3 is 2.59 bits per heavy atom. The maximum absolute atomic E-state index is 13.9. The van der Waals surface area contributed by atoms with Crippen LogP contribution >= 0.6 is 0 Å². The summed E-state index contributed by atoms with van der Waals surface area (Å²) in [4.78, 5) is 27.6. The van der Waals surface area contributed by atoms with Crippen LogP contribution in [0.25, 0.3) is 0 Å². The topological polar surface area (TPSA) is 37.4 Å². The lowest BCUT2D eigenvalue weighted by atomic mass is 9.83. The molecular formula is C26H26F3NO2. The molecule has 1 saturated heterocycles. The van der Waals surface area contributed by atoms with Crippen LogP contribution in [0.4, 0.5) is 18.9 Å². The Morgan fingerprint density at radius 2 is 1.88 bits per heavy atom. The van der Waals surface area contributed by atoms with Crippen LogP contribution in [-0.2, 0) is 23.8 Å². The summed E-state index contributed by atoms with van der Waals surface area (Å²) in [5, 5.41) is 0. The molecule has 0 N–H and O–H groups in total. The van der Waals surface area contributed by atoms with E-state index >= 15 is 0 Å². The van der Waals surface area contributed by atoms with Gasteiger partial charge < -0.3 is 4.90 Å². The number of alkyl halides is 3. The molecule has 0 aromatic heterocycles. The zero-order chi connectivity index (χ0) is 23.1. The first-order valence-corrected chi connectivity index (χ1v) is 10.9. The summed E-state index contributed by atoms with van der Waals surface area (Å²) in [6.45, 7) is 5.62. The monoisotopic (exact) mass is 441 g/mol. The van der Waals surface area contributed by atoms with Gasteiger partial charge in [-0.3, -0.25) is 9.59 Å². The number of hydrogen-bond acceptors (Lipinski definition) is 3. The molecule has 0 spiro atoms. The average molecular weight is 441 g/mol. The third kappa shape index (κ3) is 4.50. The summed E-state index contributed by atoms with van der Waals surface area (Å²) in [6, 6.07) is 11.2. The molecule has 0 atom stereocenters. The lowest BCUT2D eigenvalue weighted by Gasteiger charge is -2.39. The minimum atomic E-state index is -4.59. The maximum atomic E-state index is 13.9. The van der Waals surface area contributed by atoms with Gasteiger partial charge in [0.1, 0.15) is 0 Å². The van der Waals surface area contributed by atoms with Crippen LogP contribution in [0, 0.1) is 5.41 Å². The summed E-state index contributed by atoms with van der Waals surface area (Å²) in [6.07, 6.45) is -1.14. The Kier molecular flexibility index (Phi) is 5.74. The fourth-order valence-corrected chi connectivity index (χ4v) is 4.70. The number of allylic oxidation sites excluding steroid dienone is 2. The molecule has 2 aromatic rings. The van der Waals surface area contributed by atoms with Crippen molar-refractivity contribution in [1.29, 1.82) is 0 Å². The Bertz CT molecular complexity index is 1100. The quantitative estimate of drug-likeness (QED) is 0.562. The van der Waals surface area contributed by atoms with Gasteiger partial charge in [0.05, 0.1) is 11.1 Å². The number of anilines is 1. The molecule has 2 aromatic carbocycles. The van der Waals surface area contributed by atoms with Crippen molar-refractivity contribution in [3.8, 4) is 0 Å². The number of ketones is 2. The SMILES string of the molecule is CC1(C)CCCN(c2ccc(CC(=O)C3=CCc4ccccc4C3=O)c(C(F)(F)F)c2)C1. The first-order chi connectivity index (χ1) is 15.0.